The SMILES string of the molecule is CCC[C@H](NS(=O)(=O)N1CC(C)CC(C)C1)C(=O)O. The molecular weight excluding hydrogens is 268 g/mol. The lowest BCUT2D eigenvalue weighted by atomic mass is 9.94. The van der Waals surface area contributed by atoms with Crippen LogP contribution in [0.2, 0.25) is 0 Å². The molecule has 1 saturated heterocycles. The van der Waals surface area contributed by atoms with Crippen molar-refractivity contribution in [1.29, 1.82) is 0 Å². The van der Waals surface area contributed by atoms with E-state index in [0.29, 0.717) is 37.8 Å². The molecule has 1 rings (SSSR count). The van der Waals surface area contributed by atoms with Gasteiger partial charge in [0.05, 0.1) is 0 Å². The zero-order valence-electron chi connectivity index (χ0n) is 11.8. The number of carboxylic acid groups (broad SMARTS) is 1. The van der Waals surface area contributed by atoms with Crippen molar-refractivity contribution in [1.82, 2.24) is 9.03 Å². The first kappa shape index (κ1) is 16.4. The number of hydrogen-bond acceptors (Lipinski definition) is 3. The Hall–Kier alpha value is -0.660. The highest BCUT2D eigenvalue weighted by molar-refractivity contribution is 7.87. The van der Waals surface area contributed by atoms with Gasteiger partial charge in [-0.2, -0.15) is 17.4 Å². The van der Waals surface area contributed by atoms with Crippen LogP contribution in [0.25, 0.3) is 0 Å². The summed E-state index contributed by atoms with van der Waals surface area (Å²) in [7, 11) is -3.71. The van der Waals surface area contributed by atoms with Crippen LogP contribution in [0.1, 0.15) is 40.0 Å². The number of rotatable bonds is 6. The summed E-state index contributed by atoms with van der Waals surface area (Å²) in [5, 5.41) is 9.02. The van der Waals surface area contributed by atoms with Crippen molar-refractivity contribution in [2.45, 2.75) is 46.1 Å². The van der Waals surface area contributed by atoms with Crippen molar-refractivity contribution in [3.63, 3.8) is 0 Å². The number of nitrogens with zero attached hydrogens (tertiary/aromatic N) is 1. The second-order valence-electron chi connectivity index (χ2n) is 5.57. The van der Waals surface area contributed by atoms with E-state index in [1.54, 1.807) is 0 Å². The highest BCUT2D eigenvalue weighted by Crippen LogP contribution is 2.22. The first-order valence-electron chi connectivity index (χ1n) is 6.76. The Labute approximate surface area is 115 Å². The molecule has 7 heteroatoms. The Morgan fingerprint density at radius 1 is 1.37 bits per heavy atom. The van der Waals surface area contributed by atoms with Crippen molar-refractivity contribution >= 4 is 16.2 Å². The molecule has 2 unspecified atom stereocenters. The minimum Gasteiger partial charge on any atom is -0.480 e. The Morgan fingerprint density at radius 3 is 2.32 bits per heavy atom. The fourth-order valence-electron chi connectivity index (χ4n) is 2.58. The summed E-state index contributed by atoms with van der Waals surface area (Å²) in [5.41, 5.74) is 0. The van der Waals surface area contributed by atoms with Crippen LogP contribution >= 0.6 is 0 Å². The van der Waals surface area contributed by atoms with Crippen molar-refractivity contribution in [3.8, 4) is 0 Å². The van der Waals surface area contributed by atoms with E-state index in [1.165, 1.54) is 4.31 Å². The van der Waals surface area contributed by atoms with Gasteiger partial charge in [0.2, 0.25) is 0 Å². The van der Waals surface area contributed by atoms with Gasteiger partial charge in [0.1, 0.15) is 6.04 Å². The monoisotopic (exact) mass is 292 g/mol. The second-order valence-corrected chi connectivity index (χ2v) is 7.27. The minimum atomic E-state index is -3.71. The Bertz CT molecular complexity index is 400. The molecule has 6 nitrogen and oxygen atoms in total. The molecule has 2 N–H and O–H groups in total. The van der Waals surface area contributed by atoms with E-state index in [4.69, 9.17) is 5.11 Å². The van der Waals surface area contributed by atoms with E-state index in [0.717, 1.165) is 6.42 Å². The Morgan fingerprint density at radius 2 is 1.89 bits per heavy atom. The van der Waals surface area contributed by atoms with Gasteiger partial charge < -0.3 is 5.11 Å². The minimum absolute atomic E-state index is 0.299. The molecular formula is C12H24N2O4S. The van der Waals surface area contributed by atoms with E-state index < -0.39 is 22.2 Å². The molecule has 1 fully saturated rings. The lowest BCUT2D eigenvalue weighted by Crippen LogP contribution is -2.52. The fourth-order valence-corrected chi connectivity index (χ4v) is 4.21. The maximum Gasteiger partial charge on any atom is 0.321 e. The largest absolute Gasteiger partial charge is 0.480 e. The number of aliphatic carboxylic acids is 1. The second kappa shape index (κ2) is 6.67. The van der Waals surface area contributed by atoms with Crippen LogP contribution < -0.4 is 4.72 Å². The van der Waals surface area contributed by atoms with Crippen LogP contribution in [0.5, 0.6) is 0 Å². The van der Waals surface area contributed by atoms with Gasteiger partial charge in [-0.25, -0.2) is 0 Å². The molecule has 0 aromatic carbocycles. The van der Waals surface area contributed by atoms with Crippen molar-refractivity contribution in [2.24, 2.45) is 11.8 Å². The summed E-state index contributed by atoms with van der Waals surface area (Å²) in [6.07, 6.45) is 1.92. The summed E-state index contributed by atoms with van der Waals surface area (Å²) in [5.74, 6) is -0.520. The highest BCUT2D eigenvalue weighted by Gasteiger charge is 2.33. The van der Waals surface area contributed by atoms with Crippen molar-refractivity contribution < 1.29 is 18.3 Å². The summed E-state index contributed by atoms with van der Waals surface area (Å²) >= 11 is 0. The third kappa shape index (κ3) is 4.74. The van der Waals surface area contributed by atoms with Gasteiger partial charge in [0, 0.05) is 13.1 Å². The molecule has 3 atom stereocenters. The van der Waals surface area contributed by atoms with E-state index in [1.807, 2.05) is 20.8 Å². The summed E-state index contributed by atoms with van der Waals surface area (Å²) in [6.45, 7) is 6.77. The summed E-state index contributed by atoms with van der Waals surface area (Å²) < 4.78 is 28.1. The molecule has 0 radical (unpaired) electrons. The number of carbonyl (C=O) groups is 1. The molecule has 0 bridgehead atoms. The molecule has 1 heterocycles. The van der Waals surface area contributed by atoms with E-state index >= 15 is 0 Å². The third-order valence-corrected chi connectivity index (χ3v) is 4.90. The Kier molecular flexibility index (Phi) is 5.76. The summed E-state index contributed by atoms with van der Waals surface area (Å²) in [4.78, 5) is 11.0. The van der Waals surface area contributed by atoms with Gasteiger partial charge in [-0.05, 0) is 24.7 Å². The maximum absolute atomic E-state index is 12.2. The fraction of sp³-hybridized carbons (Fsp3) is 0.917. The lowest BCUT2D eigenvalue weighted by Gasteiger charge is -2.34. The molecule has 19 heavy (non-hydrogen) atoms. The Balaban J connectivity index is 2.76. The average Bonchev–Trinajstić information content (AvgIpc) is 2.26. The van der Waals surface area contributed by atoms with Gasteiger partial charge in [0.25, 0.3) is 10.2 Å². The van der Waals surface area contributed by atoms with Gasteiger partial charge >= 0.3 is 5.97 Å². The van der Waals surface area contributed by atoms with Gasteiger partial charge in [-0.1, -0.05) is 27.2 Å². The smallest absolute Gasteiger partial charge is 0.321 e. The molecule has 0 aliphatic carbocycles. The first-order valence-corrected chi connectivity index (χ1v) is 8.20. The van der Waals surface area contributed by atoms with Crippen molar-refractivity contribution in [3.05, 3.63) is 0 Å². The highest BCUT2D eigenvalue weighted by atomic mass is 32.2. The van der Waals surface area contributed by atoms with Gasteiger partial charge in [0.15, 0.2) is 0 Å². The quantitative estimate of drug-likeness (QED) is 0.766. The zero-order chi connectivity index (χ0) is 14.6. The molecule has 112 valence electrons. The van der Waals surface area contributed by atoms with Crippen LogP contribution in [-0.2, 0) is 15.0 Å². The molecule has 0 aromatic heterocycles. The lowest BCUT2D eigenvalue weighted by molar-refractivity contribution is -0.139. The molecule has 0 aromatic rings. The van der Waals surface area contributed by atoms with E-state index in [-0.39, 0.29) is 0 Å². The zero-order valence-corrected chi connectivity index (χ0v) is 12.6. The summed E-state index contributed by atoms with van der Waals surface area (Å²) in [6, 6.07) is -1.04. The molecule has 1 aliphatic heterocycles. The number of piperidine rings is 1. The van der Waals surface area contributed by atoms with Crippen molar-refractivity contribution in [2.75, 3.05) is 13.1 Å². The van der Waals surface area contributed by atoms with Crippen LogP contribution in [-0.4, -0.2) is 42.9 Å². The van der Waals surface area contributed by atoms with Gasteiger partial charge in [-0.15, -0.1) is 0 Å². The average molecular weight is 292 g/mol. The predicted molar refractivity (Wildman–Crippen MR) is 72.9 cm³/mol. The third-order valence-electron chi connectivity index (χ3n) is 3.34. The van der Waals surface area contributed by atoms with Crippen LogP contribution in [0, 0.1) is 11.8 Å². The van der Waals surface area contributed by atoms with E-state index in [2.05, 4.69) is 4.72 Å². The predicted octanol–water partition coefficient (Wildman–Crippen LogP) is 1.05. The van der Waals surface area contributed by atoms with Gasteiger partial charge in [-0.3, -0.25) is 4.79 Å². The molecule has 0 spiro atoms. The topological polar surface area (TPSA) is 86.7 Å². The number of nitrogens with one attached hydrogen (secondary N) is 1. The molecule has 1 aliphatic rings. The molecule has 0 saturated carbocycles. The maximum atomic E-state index is 12.2. The number of carboxylic acids is 1. The van der Waals surface area contributed by atoms with E-state index in [9.17, 15) is 13.2 Å². The standard InChI is InChI=1S/C12H24N2O4S/c1-4-5-11(12(15)16)13-19(17,18)14-7-9(2)6-10(3)8-14/h9-11,13H,4-8H2,1-3H3,(H,15,16)/t9?,10?,11-/m0/s1. The van der Waals surface area contributed by atoms with Crippen LogP contribution in [0.3, 0.4) is 0 Å². The normalized spacial score (nSPS) is 27.1. The van der Waals surface area contributed by atoms with Crippen LogP contribution in [0.4, 0.5) is 0 Å². The molecule has 0 amide bonds. The van der Waals surface area contributed by atoms with Crippen LogP contribution in [0.15, 0.2) is 0 Å². The number of hydrogen-bond donors (Lipinski definition) is 2. The first-order chi connectivity index (χ1) is 8.76.